The summed E-state index contributed by atoms with van der Waals surface area (Å²) in [4.78, 5) is 0. The van der Waals surface area contributed by atoms with Crippen molar-refractivity contribution < 1.29 is 14.2 Å². The van der Waals surface area contributed by atoms with E-state index in [2.05, 4.69) is 0 Å². The maximum absolute atomic E-state index is 5.88. The largest absolute Gasteiger partial charge is 0.374 e. The highest BCUT2D eigenvalue weighted by Gasteiger charge is 2.16. The van der Waals surface area contributed by atoms with Crippen LogP contribution in [0.4, 0.5) is 0 Å². The molecule has 4 nitrogen and oxygen atoms in total. The molecule has 1 unspecified atom stereocenters. The molecule has 13 heavy (non-hydrogen) atoms. The van der Waals surface area contributed by atoms with Crippen LogP contribution in [0.1, 0.15) is 20.3 Å². The van der Waals surface area contributed by atoms with Gasteiger partial charge < -0.3 is 19.9 Å². The quantitative estimate of drug-likeness (QED) is 0.603. The molecule has 0 fully saturated rings. The Bertz CT molecular complexity index is 124. The van der Waals surface area contributed by atoms with Gasteiger partial charge in [0.25, 0.3) is 0 Å². The van der Waals surface area contributed by atoms with Crippen molar-refractivity contribution in [1.82, 2.24) is 0 Å². The predicted octanol–water partition coefficient (Wildman–Crippen LogP) is 0.749. The molecule has 0 spiro atoms. The lowest BCUT2D eigenvalue weighted by Crippen LogP contribution is -2.41. The van der Waals surface area contributed by atoms with Crippen LogP contribution in [0.25, 0.3) is 0 Å². The smallest absolute Gasteiger partial charge is 0.180 e. The zero-order valence-electron chi connectivity index (χ0n) is 9.00. The molecule has 1 atom stereocenters. The highest BCUT2D eigenvalue weighted by molar-refractivity contribution is 4.75. The van der Waals surface area contributed by atoms with Crippen molar-refractivity contribution in [2.45, 2.75) is 32.1 Å². The lowest BCUT2D eigenvalue weighted by atomic mass is 10.0. The number of methoxy groups -OCH3 is 2. The summed E-state index contributed by atoms with van der Waals surface area (Å²) >= 11 is 0. The Balaban J connectivity index is 3.54. The molecule has 0 aliphatic carbocycles. The summed E-state index contributed by atoms with van der Waals surface area (Å²) < 4.78 is 15.3. The Labute approximate surface area is 80.3 Å². The first-order valence-electron chi connectivity index (χ1n) is 4.48. The van der Waals surface area contributed by atoms with Crippen molar-refractivity contribution in [2.75, 3.05) is 27.4 Å². The Morgan fingerprint density at radius 3 is 2.23 bits per heavy atom. The van der Waals surface area contributed by atoms with Crippen LogP contribution < -0.4 is 5.73 Å². The summed E-state index contributed by atoms with van der Waals surface area (Å²) in [7, 11) is 3.16. The molecule has 0 aromatic heterocycles. The molecule has 2 N–H and O–H groups in total. The summed E-state index contributed by atoms with van der Waals surface area (Å²) in [6, 6.07) is 0. The van der Waals surface area contributed by atoms with Crippen LogP contribution in [-0.2, 0) is 14.2 Å². The molecular weight excluding hydrogens is 170 g/mol. The van der Waals surface area contributed by atoms with E-state index in [1.54, 1.807) is 14.2 Å². The fourth-order valence-corrected chi connectivity index (χ4v) is 0.723. The molecule has 80 valence electrons. The van der Waals surface area contributed by atoms with Crippen LogP contribution in [0.3, 0.4) is 0 Å². The van der Waals surface area contributed by atoms with Crippen molar-refractivity contribution in [3.63, 3.8) is 0 Å². The van der Waals surface area contributed by atoms with Gasteiger partial charge in [-0.05, 0) is 13.3 Å². The molecule has 0 aliphatic rings. The maximum Gasteiger partial charge on any atom is 0.180 e. The third-order valence-corrected chi connectivity index (χ3v) is 2.02. The predicted molar refractivity (Wildman–Crippen MR) is 51.5 cm³/mol. The molecule has 0 saturated carbocycles. The number of nitrogens with two attached hydrogens (primary N) is 1. The van der Waals surface area contributed by atoms with Crippen LogP contribution >= 0.6 is 0 Å². The van der Waals surface area contributed by atoms with Crippen molar-refractivity contribution in [1.29, 1.82) is 0 Å². The van der Waals surface area contributed by atoms with E-state index in [0.29, 0.717) is 13.2 Å². The van der Waals surface area contributed by atoms with Gasteiger partial charge in [-0.25, -0.2) is 0 Å². The first-order valence-corrected chi connectivity index (χ1v) is 4.48. The van der Waals surface area contributed by atoms with Crippen LogP contribution in [0.5, 0.6) is 0 Å². The van der Waals surface area contributed by atoms with Crippen molar-refractivity contribution in [3.8, 4) is 0 Å². The molecular formula is C9H21NO3. The first kappa shape index (κ1) is 12.8. The van der Waals surface area contributed by atoms with E-state index < -0.39 is 0 Å². The molecule has 0 saturated heterocycles. The molecule has 0 bridgehead atoms. The average molecular weight is 191 g/mol. The van der Waals surface area contributed by atoms with Gasteiger partial charge in [0.2, 0.25) is 0 Å². The van der Waals surface area contributed by atoms with E-state index >= 15 is 0 Å². The van der Waals surface area contributed by atoms with E-state index in [4.69, 9.17) is 19.9 Å². The van der Waals surface area contributed by atoms with Crippen LogP contribution in [0.15, 0.2) is 0 Å². The lowest BCUT2D eigenvalue weighted by molar-refractivity contribution is -0.143. The molecule has 0 aromatic carbocycles. The number of ether oxygens (including phenoxy) is 3. The monoisotopic (exact) mass is 191 g/mol. The summed E-state index contributed by atoms with van der Waals surface area (Å²) in [5, 5.41) is 0. The van der Waals surface area contributed by atoms with Gasteiger partial charge in [-0.2, -0.15) is 0 Å². The average Bonchev–Trinajstić information content (AvgIpc) is 2.12. The lowest BCUT2D eigenvalue weighted by Gasteiger charge is -2.23. The second kappa shape index (κ2) is 6.32. The highest BCUT2D eigenvalue weighted by Crippen LogP contribution is 2.05. The standard InChI is InChI=1S/C9H21NO3/c1-5-9(2,10)7-13-6-8(11-3)12-4/h8H,5-7,10H2,1-4H3. The topological polar surface area (TPSA) is 53.7 Å². The fourth-order valence-electron chi connectivity index (χ4n) is 0.723. The van der Waals surface area contributed by atoms with Gasteiger partial charge >= 0.3 is 0 Å². The molecule has 4 heteroatoms. The summed E-state index contributed by atoms with van der Waals surface area (Å²) in [5.41, 5.74) is 5.62. The van der Waals surface area contributed by atoms with E-state index in [9.17, 15) is 0 Å². The van der Waals surface area contributed by atoms with E-state index in [0.717, 1.165) is 6.42 Å². The SMILES string of the molecule is CCC(C)(N)COCC(OC)OC. The van der Waals surface area contributed by atoms with Crippen LogP contribution in [-0.4, -0.2) is 39.3 Å². The Morgan fingerprint density at radius 1 is 1.31 bits per heavy atom. The molecule has 0 radical (unpaired) electrons. The number of rotatable bonds is 7. The Kier molecular flexibility index (Phi) is 6.24. The second-order valence-corrected chi connectivity index (χ2v) is 3.42. The third kappa shape index (κ3) is 5.99. The van der Waals surface area contributed by atoms with E-state index in [1.165, 1.54) is 0 Å². The second-order valence-electron chi connectivity index (χ2n) is 3.42. The zero-order chi connectivity index (χ0) is 10.3. The maximum atomic E-state index is 5.88. The molecule has 0 heterocycles. The van der Waals surface area contributed by atoms with Gasteiger partial charge in [0.1, 0.15) is 0 Å². The Morgan fingerprint density at radius 2 is 1.85 bits per heavy atom. The minimum absolute atomic E-state index is 0.258. The van der Waals surface area contributed by atoms with Crippen molar-refractivity contribution in [2.24, 2.45) is 5.73 Å². The molecule has 0 aromatic rings. The van der Waals surface area contributed by atoms with Gasteiger partial charge in [0, 0.05) is 19.8 Å². The van der Waals surface area contributed by atoms with Crippen molar-refractivity contribution >= 4 is 0 Å². The van der Waals surface area contributed by atoms with Gasteiger partial charge in [-0.3, -0.25) is 0 Å². The van der Waals surface area contributed by atoms with Gasteiger partial charge in [0.05, 0.1) is 13.2 Å². The van der Waals surface area contributed by atoms with Crippen LogP contribution in [0, 0.1) is 0 Å². The third-order valence-electron chi connectivity index (χ3n) is 2.02. The first-order chi connectivity index (χ1) is 6.05. The number of hydrogen-bond donors (Lipinski definition) is 1. The fraction of sp³-hybridized carbons (Fsp3) is 1.00. The van der Waals surface area contributed by atoms with Crippen molar-refractivity contribution in [3.05, 3.63) is 0 Å². The highest BCUT2D eigenvalue weighted by atomic mass is 16.7. The van der Waals surface area contributed by atoms with Crippen LogP contribution in [0.2, 0.25) is 0 Å². The molecule has 0 aliphatic heterocycles. The summed E-state index contributed by atoms with van der Waals surface area (Å²) in [6.07, 6.45) is 0.588. The molecule has 0 amide bonds. The Hall–Kier alpha value is -0.160. The zero-order valence-corrected chi connectivity index (χ0v) is 9.00. The van der Waals surface area contributed by atoms with Gasteiger partial charge in [0.15, 0.2) is 6.29 Å². The van der Waals surface area contributed by atoms with E-state index in [-0.39, 0.29) is 11.8 Å². The summed E-state index contributed by atoms with van der Waals surface area (Å²) in [5.74, 6) is 0. The minimum Gasteiger partial charge on any atom is -0.374 e. The number of hydrogen-bond acceptors (Lipinski definition) is 4. The molecule has 0 rings (SSSR count). The van der Waals surface area contributed by atoms with Gasteiger partial charge in [-0.1, -0.05) is 6.92 Å². The van der Waals surface area contributed by atoms with E-state index in [1.807, 2.05) is 13.8 Å². The van der Waals surface area contributed by atoms with Gasteiger partial charge in [-0.15, -0.1) is 0 Å². The minimum atomic E-state index is -0.298. The summed E-state index contributed by atoms with van der Waals surface area (Å²) in [6.45, 7) is 4.93. The normalized spacial score (nSPS) is 16.2.